The van der Waals surface area contributed by atoms with Gasteiger partial charge in [0, 0.05) is 25.8 Å². The molecule has 0 fully saturated rings. The van der Waals surface area contributed by atoms with E-state index >= 15 is 0 Å². The van der Waals surface area contributed by atoms with Crippen molar-refractivity contribution in [3.05, 3.63) is 28.8 Å². The van der Waals surface area contributed by atoms with Gasteiger partial charge in [-0.05, 0) is 19.1 Å². The number of para-hydroxylation sites is 1. The van der Waals surface area contributed by atoms with Crippen LogP contribution >= 0.6 is 11.6 Å². The van der Waals surface area contributed by atoms with Gasteiger partial charge in [0.05, 0.1) is 17.3 Å². The van der Waals surface area contributed by atoms with Crippen LogP contribution in [0.25, 0.3) is 0 Å². The van der Waals surface area contributed by atoms with Crippen molar-refractivity contribution in [2.45, 2.75) is 13.0 Å². The molecule has 0 aliphatic carbocycles. The van der Waals surface area contributed by atoms with Gasteiger partial charge in [0.15, 0.2) is 6.29 Å². The van der Waals surface area contributed by atoms with Crippen LogP contribution in [0.15, 0.2) is 18.2 Å². The second-order valence-electron chi connectivity index (χ2n) is 3.71. The van der Waals surface area contributed by atoms with E-state index in [1.165, 1.54) is 0 Å². The van der Waals surface area contributed by atoms with E-state index in [1.54, 1.807) is 25.3 Å². The molecule has 0 N–H and O–H groups in total. The second kappa shape index (κ2) is 5.87. The van der Waals surface area contributed by atoms with Crippen LogP contribution in [0.3, 0.4) is 0 Å². The number of halogens is 1. The summed E-state index contributed by atoms with van der Waals surface area (Å²) in [7, 11) is 3.55. The van der Waals surface area contributed by atoms with E-state index in [9.17, 15) is 4.79 Å². The molecular weight excluding hydrogens is 226 g/mol. The van der Waals surface area contributed by atoms with Crippen LogP contribution in [0.2, 0.25) is 5.02 Å². The number of likely N-dealkylation sites (N-methyl/N-ethyl adjacent to an activating group) is 1. The number of methoxy groups -OCH3 is 1. The first-order valence-electron chi connectivity index (χ1n) is 5.07. The maximum atomic E-state index is 10.9. The summed E-state index contributed by atoms with van der Waals surface area (Å²) < 4.78 is 5.09. The summed E-state index contributed by atoms with van der Waals surface area (Å²) in [4.78, 5) is 12.9. The molecule has 3 nitrogen and oxygen atoms in total. The highest BCUT2D eigenvalue weighted by Gasteiger charge is 2.16. The summed E-state index contributed by atoms with van der Waals surface area (Å²) in [6, 6.07) is 5.46. The summed E-state index contributed by atoms with van der Waals surface area (Å²) >= 11 is 6.11. The van der Waals surface area contributed by atoms with E-state index in [-0.39, 0.29) is 6.04 Å². The van der Waals surface area contributed by atoms with Gasteiger partial charge in [0.25, 0.3) is 0 Å². The number of nitrogens with zero attached hydrogens (tertiary/aromatic N) is 1. The number of hydrogen-bond acceptors (Lipinski definition) is 3. The molecule has 0 spiro atoms. The van der Waals surface area contributed by atoms with Gasteiger partial charge in [-0.3, -0.25) is 4.79 Å². The Morgan fingerprint density at radius 3 is 2.81 bits per heavy atom. The van der Waals surface area contributed by atoms with Gasteiger partial charge < -0.3 is 9.64 Å². The first kappa shape index (κ1) is 13.0. The van der Waals surface area contributed by atoms with Crippen molar-refractivity contribution in [1.29, 1.82) is 0 Å². The first-order chi connectivity index (χ1) is 7.61. The number of ether oxygens (including phenoxy) is 1. The molecule has 16 heavy (non-hydrogen) atoms. The molecule has 0 saturated heterocycles. The summed E-state index contributed by atoms with van der Waals surface area (Å²) in [6.07, 6.45) is 0.817. The smallest absolute Gasteiger partial charge is 0.152 e. The largest absolute Gasteiger partial charge is 0.383 e. The Morgan fingerprint density at radius 1 is 1.56 bits per heavy atom. The molecule has 88 valence electrons. The minimum atomic E-state index is 0.156. The molecule has 0 amide bonds. The van der Waals surface area contributed by atoms with Crippen LogP contribution in [-0.2, 0) is 4.74 Å². The lowest BCUT2D eigenvalue weighted by molar-refractivity contribution is 0.112. The number of carbonyl (C=O) groups is 1. The molecule has 0 radical (unpaired) electrons. The van der Waals surface area contributed by atoms with Crippen molar-refractivity contribution in [2.24, 2.45) is 0 Å². The van der Waals surface area contributed by atoms with Crippen molar-refractivity contribution in [2.75, 3.05) is 25.7 Å². The van der Waals surface area contributed by atoms with E-state index in [2.05, 4.69) is 0 Å². The zero-order valence-corrected chi connectivity index (χ0v) is 10.5. The van der Waals surface area contributed by atoms with Crippen LogP contribution < -0.4 is 4.90 Å². The van der Waals surface area contributed by atoms with Crippen molar-refractivity contribution < 1.29 is 9.53 Å². The average Bonchev–Trinajstić information content (AvgIpc) is 2.28. The lowest BCUT2D eigenvalue weighted by atomic mass is 10.1. The van der Waals surface area contributed by atoms with E-state index in [0.717, 1.165) is 12.0 Å². The van der Waals surface area contributed by atoms with Gasteiger partial charge in [0.1, 0.15) is 0 Å². The zero-order valence-electron chi connectivity index (χ0n) is 9.74. The summed E-state index contributed by atoms with van der Waals surface area (Å²) in [5, 5.41) is 0.579. The van der Waals surface area contributed by atoms with Gasteiger partial charge in [-0.15, -0.1) is 0 Å². The van der Waals surface area contributed by atoms with E-state index in [4.69, 9.17) is 16.3 Å². The fourth-order valence-corrected chi connectivity index (χ4v) is 1.89. The number of anilines is 1. The summed E-state index contributed by atoms with van der Waals surface area (Å²) in [6.45, 7) is 2.60. The van der Waals surface area contributed by atoms with Gasteiger partial charge >= 0.3 is 0 Å². The van der Waals surface area contributed by atoms with E-state index < -0.39 is 0 Å². The Balaban J connectivity index is 3.06. The van der Waals surface area contributed by atoms with Crippen LogP contribution in [0.1, 0.15) is 17.3 Å². The minimum Gasteiger partial charge on any atom is -0.383 e. The highest BCUT2D eigenvalue weighted by Crippen LogP contribution is 2.29. The molecule has 0 saturated carbocycles. The molecule has 0 aliphatic heterocycles. The third-order valence-corrected chi connectivity index (χ3v) is 2.87. The highest BCUT2D eigenvalue weighted by molar-refractivity contribution is 6.33. The van der Waals surface area contributed by atoms with Gasteiger partial charge in [-0.25, -0.2) is 0 Å². The first-order valence-corrected chi connectivity index (χ1v) is 5.45. The molecular formula is C12H16ClNO2. The quantitative estimate of drug-likeness (QED) is 0.743. The Bertz CT molecular complexity index is 368. The maximum absolute atomic E-state index is 10.9. The SMILES string of the molecule is COCC(C)N(C)c1c(Cl)cccc1C=O. The molecule has 4 heteroatoms. The number of aldehydes is 1. The molecule has 0 aromatic heterocycles. The lowest BCUT2D eigenvalue weighted by Crippen LogP contribution is -2.33. The second-order valence-corrected chi connectivity index (χ2v) is 4.12. The summed E-state index contributed by atoms with van der Waals surface area (Å²) in [5.74, 6) is 0. The predicted molar refractivity (Wildman–Crippen MR) is 66.6 cm³/mol. The topological polar surface area (TPSA) is 29.5 Å². The molecule has 0 aliphatic rings. The van der Waals surface area contributed by atoms with Gasteiger partial charge in [-0.1, -0.05) is 17.7 Å². The fourth-order valence-electron chi connectivity index (χ4n) is 1.57. The Hall–Kier alpha value is -1.06. The monoisotopic (exact) mass is 241 g/mol. The molecule has 1 rings (SSSR count). The van der Waals surface area contributed by atoms with Crippen molar-refractivity contribution >= 4 is 23.6 Å². The molecule has 1 unspecified atom stereocenters. The molecule has 0 bridgehead atoms. The van der Waals surface area contributed by atoms with Crippen LogP contribution in [-0.4, -0.2) is 33.1 Å². The minimum absolute atomic E-state index is 0.156. The van der Waals surface area contributed by atoms with Crippen LogP contribution in [0.5, 0.6) is 0 Å². The third-order valence-electron chi connectivity index (χ3n) is 2.57. The molecule has 1 atom stereocenters. The number of carbonyl (C=O) groups excluding carboxylic acids is 1. The van der Waals surface area contributed by atoms with E-state index in [1.807, 2.05) is 18.9 Å². The average molecular weight is 242 g/mol. The predicted octanol–water partition coefficient (Wildman–Crippen LogP) is 2.62. The normalized spacial score (nSPS) is 12.2. The molecule has 0 heterocycles. The molecule has 1 aromatic carbocycles. The Morgan fingerprint density at radius 2 is 2.25 bits per heavy atom. The maximum Gasteiger partial charge on any atom is 0.152 e. The number of benzene rings is 1. The standard InChI is InChI=1S/C12H16ClNO2/c1-9(8-16-3)14(2)12-10(7-15)5-4-6-11(12)13/h4-7,9H,8H2,1-3H3. The van der Waals surface area contributed by atoms with Crippen molar-refractivity contribution in [3.63, 3.8) is 0 Å². The third kappa shape index (κ3) is 2.74. The van der Waals surface area contributed by atoms with Crippen molar-refractivity contribution in [3.8, 4) is 0 Å². The number of hydrogen-bond donors (Lipinski definition) is 0. The fraction of sp³-hybridized carbons (Fsp3) is 0.417. The van der Waals surface area contributed by atoms with E-state index in [0.29, 0.717) is 17.2 Å². The van der Waals surface area contributed by atoms with Gasteiger partial charge in [-0.2, -0.15) is 0 Å². The Labute approximate surface area is 101 Å². The van der Waals surface area contributed by atoms with Crippen molar-refractivity contribution in [1.82, 2.24) is 0 Å². The highest BCUT2D eigenvalue weighted by atomic mass is 35.5. The van der Waals surface area contributed by atoms with Gasteiger partial charge in [0.2, 0.25) is 0 Å². The van der Waals surface area contributed by atoms with Crippen LogP contribution in [0, 0.1) is 0 Å². The zero-order chi connectivity index (χ0) is 12.1. The Kier molecular flexibility index (Phi) is 4.77. The summed E-state index contributed by atoms with van der Waals surface area (Å²) in [5.41, 5.74) is 1.35. The molecule has 1 aromatic rings. The number of rotatable bonds is 5. The lowest BCUT2D eigenvalue weighted by Gasteiger charge is -2.28. The van der Waals surface area contributed by atoms with Crippen LogP contribution in [0.4, 0.5) is 5.69 Å².